The molecular formula is C19H14BrF2NOS. The zero-order valence-electron chi connectivity index (χ0n) is 13.0. The van der Waals surface area contributed by atoms with Gasteiger partial charge < -0.3 is 5.32 Å². The van der Waals surface area contributed by atoms with E-state index in [4.69, 9.17) is 0 Å². The number of carbonyl (C=O) groups is 1. The van der Waals surface area contributed by atoms with Crippen molar-refractivity contribution in [3.05, 3.63) is 92.1 Å². The predicted molar refractivity (Wildman–Crippen MR) is 98.7 cm³/mol. The Hall–Kier alpha value is -2.05. The first kappa shape index (κ1) is 17.8. The molecule has 1 amide bonds. The van der Waals surface area contributed by atoms with E-state index in [1.165, 1.54) is 35.6 Å². The van der Waals surface area contributed by atoms with Gasteiger partial charge in [0.2, 0.25) is 0 Å². The molecule has 0 aliphatic carbocycles. The molecule has 2 nitrogen and oxygen atoms in total. The number of amides is 1. The normalized spacial score (nSPS) is 12.0. The Morgan fingerprint density at radius 2 is 1.80 bits per heavy atom. The summed E-state index contributed by atoms with van der Waals surface area (Å²) in [6.45, 7) is 0. The lowest BCUT2D eigenvalue weighted by atomic mass is 9.98. The van der Waals surface area contributed by atoms with Crippen LogP contribution in [0.25, 0.3) is 0 Å². The summed E-state index contributed by atoms with van der Waals surface area (Å²) >= 11 is 4.65. The van der Waals surface area contributed by atoms with E-state index in [1.807, 2.05) is 5.38 Å². The molecular weight excluding hydrogens is 408 g/mol. The van der Waals surface area contributed by atoms with Gasteiger partial charge in [-0.05, 0) is 69.2 Å². The van der Waals surface area contributed by atoms with Gasteiger partial charge in [-0.1, -0.05) is 24.3 Å². The van der Waals surface area contributed by atoms with Crippen molar-refractivity contribution < 1.29 is 13.6 Å². The van der Waals surface area contributed by atoms with Crippen LogP contribution in [0.4, 0.5) is 8.78 Å². The molecule has 1 N–H and O–H groups in total. The number of carbonyl (C=O) groups excluding carboxylic acids is 1. The molecule has 3 rings (SSSR count). The first-order valence-corrected chi connectivity index (χ1v) is 9.24. The van der Waals surface area contributed by atoms with Crippen molar-refractivity contribution in [3.63, 3.8) is 0 Å². The second-order valence-electron chi connectivity index (χ2n) is 5.51. The molecule has 1 aromatic heterocycles. The fourth-order valence-electron chi connectivity index (χ4n) is 2.55. The Bertz CT molecular complexity index is 896. The fourth-order valence-corrected chi connectivity index (χ4v) is 4.01. The Kier molecular flexibility index (Phi) is 5.60. The monoisotopic (exact) mass is 421 g/mol. The summed E-state index contributed by atoms with van der Waals surface area (Å²) in [6.07, 6.45) is 0.357. The Labute approximate surface area is 156 Å². The van der Waals surface area contributed by atoms with Crippen molar-refractivity contribution in [3.8, 4) is 0 Å². The van der Waals surface area contributed by atoms with Crippen molar-refractivity contribution in [2.45, 2.75) is 12.5 Å². The third-order valence-electron chi connectivity index (χ3n) is 3.71. The van der Waals surface area contributed by atoms with Gasteiger partial charge in [0.25, 0.3) is 5.91 Å². The fraction of sp³-hybridized carbons (Fsp3) is 0.105. The van der Waals surface area contributed by atoms with Crippen LogP contribution >= 0.6 is 27.3 Å². The second-order valence-corrected chi connectivity index (χ2v) is 7.28. The number of nitrogens with one attached hydrogen (secondary N) is 1. The molecule has 0 bridgehead atoms. The zero-order valence-corrected chi connectivity index (χ0v) is 15.4. The summed E-state index contributed by atoms with van der Waals surface area (Å²) in [5.41, 5.74) is 1.35. The first-order valence-electron chi connectivity index (χ1n) is 7.56. The lowest BCUT2D eigenvalue weighted by molar-refractivity contribution is 0.0940. The maximum Gasteiger partial charge on any atom is 0.263 e. The van der Waals surface area contributed by atoms with Crippen LogP contribution in [0.15, 0.2) is 64.5 Å². The molecule has 0 aliphatic heterocycles. The van der Waals surface area contributed by atoms with E-state index in [-0.39, 0.29) is 17.5 Å². The molecule has 0 radical (unpaired) electrons. The van der Waals surface area contributed by atoms with Gasteiger partial charge >= 0.3 is 0 Å². The van der Waals surface area contributed by atoms with E-state index < -0.39 is 6.04 Å². The molecule has 0 saturated heterocycles. The van der Waals surface area contributed by atoms with Crippen molar-refractivity contribution in [2.24, 2.45) is 0 Å². The number of rotatable bonds is 5. The highest BCUT2D eigenvalue weighted by Crippen LogP contribution is 2.25. The molecule has 1 unspecified atom stereocenters. The van der Waals surface area contributed by atoms with Gasteiger partial charge in [-0.2, -0.15) is 0 Å². The molecule has 0 spiro atoms. The summed E-state index contributed by atoms with van der Waals surface area (Å²) in [4.78, 5) is 13.1. The highest BCUT2D eigenvalue weighted by molar-refractivity contribution is 9.10. The number of thiophene rings is 1. The minimum Gasteiger partial charge on any atom is -0.344 e. The standard InChI is InChI=1S/C19H14BrF2NOS/c20-16-7-8-25-18(16)19(24)23-17(13-4-2-6-15(22)11-13)10-12-3-1-5-14(21)9-12/h1-9,11,17H,10H2,(H,23,24). The largest absolute Gasteiger partial charge is 0.344 e. The SMILES string of the molecule is O=C(NC(Cc1cccc(F)c1)c1cccc(F)c1)c1sccc1Br. The van der Waals surface area contributed by atoms with E-state index in [1.54, 1.807) is 30.3 Å². The van der Waals surface area contributed by atoms with E-state index in [0.717, 1.165) is 5.56 Å². The van der Waals surface area contributed by atoms with Crippen LogP contribution in [0.2, 0.25) is 0 Å². The third kappa shape index (κ3) is 4.52. The lowest BCUT2D eigenvalue weighted by Crippen LogP contribution is -2.29. The van der Waals surface area contributed by atoms with Gasteiger partial charge in [0.1, 0.15) is 16.5 Å². The van der Waals surface area contributed by atoms with Crippen molar-refractivity contribution in [1.29, 1.82) is 0 Å². The second kappa shape index (κ2) is 7.89. The van der Waals surface area contributed by atoms with Crippen molar-refractivity contribution in [2.75, 3.05) is 0 Å². The van der Waals surface area contributed by atoms with Crippen LogP contribution in [0.1, 0.15) is 26.8 Å². The Morgan fingerprint density at radius 1 is 1.08 bits per heavy atom. The van der Waals surface area contributed by atoms with Crippen LogP contribution < -0.4 is 5.32 Å². The highest BCUT2D eigenvalue weighted by Gasteiger charge is 2.19. The summed E-state index contributed by atoms with van der Waals surface area (Å²) in [6, 6.07) is 13.6. The summed E-state index contributed by atoms with van der Waals surface area (Å²) in [5.74, 6) is -0.983. The van der Waals surface area contributed by atoms with Gasteiger partial charge in [0, 0.05) is 4.47 Å². The van der Waals surface area contributed by atoms with Crippen molar-refractivity contribution in [1.82, 2.24) is 5.32 Å². The van der Waals surface area contributed by atoms with E-state index >= 15 is 0 Å². The molecule has 0 aliphatic rings. The molecule has 25 heavy (non-hydrogen) atoms. The lowest BCUT2D eigenvalue weighted by Gasteiger charge is -2.19. The summed E-state index contributed by atoms with van der Waals surface area (Å²) in [5, 5.41) is 4.73. The topological polar surface area (TPSA) is 29.1 Å². The molecule has 0 saturated carbocycles. The average molecular weight is 422 g/mol. The minimum absolute atomic E-state index is 0.257. The maximum absolute atomic E-state index is 13.6. The molecule has 0 fully saturated rings. The van der Waals surface area contributed by atoms with Crippen LogP contribution in [0.5, 0.6) is 0 Å². The van der Waals surface area contributed by atoms with E-state index in [2.05, 4.69) is 21.2 Å². The number of hydrogen-bond acceptors (Lipinski definition) is 2. The first-order chi connectivity index (χ1) is 12.0. The molecule has 2 aromatic carbocycles. The van der Waals surface area contributed by atoms with E-state index in [0.29, 0.717) is 21.3 Å². The zero-order chi connectivity index (χ0) is 17.8. The molecule has 6 heteroatoms. The van der Waals surface area contributed by atoms with Gasteiger partial charge in [-0.15, -0.1) is 11.3 Å². The van der Waals surface area contributed by atoms with Crippen LogP contribution in [0.3, 0.4) is 0 Å². The quantitative estimate of drug-likeness (QED) is 0.578. The highest BCUT2D eigenvalue weighted by atomic mass is 79.9. The summed E-state index contributed by atoms with van der Waals surface area (Å²) < 4.78 is 27.8. The van der Waals surface area contributed by atoms with Crippen molar-refractivity contribution >= 4 is 33.2 Å². The maximum atomic E-state index is 13.6. The minimum atomic E-state index is -0.473. The predicted octanol–water partition coefficient (Wildman–Crippen LogP) is 5.50. The van der Waals surface area contributed by atoms with Gasteiger partial charge in [0.05, 0.1) is 6.04 Å². The van der Waals surface area contributed by atoms with Crippen LogP contribution in [0, 0.1) is 11.6 Å². The Balaban J connectivity index is 1.89. The molecule has 1 heterocycles. The molecule has 1 atom stereocenters. The van der Waals surface area contributed by atoms with Crippen LogP contribution in [-0.2, 0) is 6.42 Å². The van der Waals surface area contributed by atoms with E-state index in [9.17, 15) is 13.6 Å². The number of hydrogen-bond donors (Lipinski definition) is 1. The molecule has 3 aromatic rings. The van der Waals surface area contributed by atoms with Gasteiger partial charge in [0.15, 0.2) is 0 Å². The average Bonchev–Trinajstić information content (AvgIpc) is 3.00. The number of halogens is 3. The summed E-state index contributed by atoms with van der Waals surface area (Å²) in [7, 11) is 0. The molecule has 128 valence electrons. The van der Waals surface area contributed by atoms with Crippen LogP contribution in [-0.4, -0.2) is 5.91 Å². The Morgan fingerprint density at radius 3 is 2.44 bits per heavy atom. The third-order valence-corrected chi connectivity index (χ3v) is 5.55. The van der Waals surface area contributed by atoms with Gasteiger partial charge in [-0.3, -0.25) is 4.79 Å². The smallest absolute Gasteiger partial charge is 0.263 e. The van der Waals surface area contributed by atoms with Gasteiger partial charge in [-0.25, -0.2) is 8.78 Å². The number of benzene rings is 2.